The van der Waals surface area contributed by atoms with Gasteiger partial charge in [-0.1, -0.05) is 6.07 Å². The lowest BCUT2D eigenvalue weighted by atomic mass is 10.1. The van der Waals surface area contributed by atoms with E-state index >= 15 is 0 Å². The summed E-state index contributed by atoms with van der Waals surface area (Å²) < 4.78 is 7.40. The van der Waals surface area contributed by atoms with Crippen molar-refractivity contribution >= 4 is 5.91 Å². The van der Waals surface area contributed by atoms with Crippen molar-refractivity contribution in [3.8, 4) is 5.75 Å². The standard InChI is InChI=1S/C17H23N3O2/c1-11-8-12(2)10-15(9-11)22-7-6-18-17(21)16-13(3)19-20(5)14(16)4/h8-10H,6-7H2,1-5H3,(H,18,21). The Morgan fingerprint density at radius 1 is 1.18 bits per heavy atom. The number of hydrogen-bond donors (Lipinski definition) is 1. The number of nitrogens with one attached hydrogen (secondary N) is 1. The van der Waals surface area contributed by atoms with E-state index in [1.54, 1.807) is 4.68 Å². The molecule has 0 saturated carbocycles. The van der Waals surface area contributed by atoms with E-state index in [-0.39, 0.29) is 5.91 Å². The van der Waals surface area contributed by atoms with Gasteiger partial charge < -0.3 is 10.1 Å². The van der Waals surface area contributed by atoms with Gasteiger partial charge in [-0.2, -0.15) is 5.10 Å². The molecule has 0 saturated heterocycles. The van der Waals surface area contributed by atoms with E-state index in [2.05, 4.69) is 16.5 Å². The van der Waals surface area contributed by atoms with Crippen molar-refractivity contribution in [2.45, 2.75) is 27.7 Å². The van der Waals surface area contributed by atoms with Crippen molar-refractivity contribution in [3.05, 3.63) is 46.3 Å². The Bertz CT molecular complexity index is 669. The molecule has 5 nitrogen and oxygen atoms in total. The summed E-state index contributed by atoms with van der Waals surface area (Å²) in [4.78, 5) is 12.2. The van der Waals surface area contributed by atoms with Gasteiger partial charge in [-0.3, -0.25) is 9.48 Å². The van der Waals surface area contributed by atoms with E-state index in [1.807, 2.05) is 46.9 Å². The highest BCUT2D eigenvalue weighted by Gasteiger charge is 2.16. The largest absolute Gasteiger partial charge is 0.492 e. The van der Waals surface area contributed by atoms with Crippen LogP contribution in [-0.2, 0) is 7.05 Å². The van der Waals surface area contributed by atoms with Gasteiger partial charge in [0.15, 0.2) is 0 Å². The maximum atomic E-state index is 12.2. The average Bonchev–Trinajstić information content (AvgIpc) is 2.67. The van der Waals surface area contributed by atoms with Crippen LogP contribution in [-0.4, -0.2) is 28.8 Å². The molecule has 0 bridgehead atoms. The van der Waals surface area contributed by atoms with Crippen molar-refractivity contribution in [3.63, 3.8) is 0 Å². The molecular formula is C17H23N3O2. The van der Waals surface area contributed by atoms with E-state index in [0.29, 0.717) is 18.7 Å². The highest BCUT2D eigenvalue weighted by molar-refractivity contribution is 5.96. The fraction of sp³-hybridized carbons (Fsp3) is 0.412. The predicted molar refractivity (Wildman–Crippen MR) is 86.4 cm³/mol. The monoisotopic (exact) mass is 301 g/mol. The minimum atomic E-state index is -0.105. The molecule has 0 aliphatic heterocycles. The number of carbonyl (C=O) groups excluding carboxylic acids is 1. The van der Waals surface area contributed by atoms with Gasteiger partial charge in [-0.25, -0.2) is 0 Å². The Labute approximate surface area is 131 Å². The summed E-state index contributed by atoms with van der Waals surface area (Å²) in [6.45, 7) is 8.70. The predicted octanol–water partition coefficient (Wildman–Crippen LogP) is 2.46. The number of hydrogen-bond acceptors (Lipinski definition) is 3. The highest BCUT2D eigenvalue weighted by Crippen LogP contribution is 2.16. The first-order valence-corrected chi connectivity index (χ1v) is 7.38. The number of ether oxygens (including phenoxy) is 1. The Morgan fingerprint density at radius 3 is 2.36 bits per heavy atom. The lowest BCUT2D eigenvalue weighted by Gasteiger charge is -2.09. The smallest absolute Gasteiger partial charge is 0.255 e. The number of aryl methyl sites for hydroxylation is 4. The molecule has 1 aromatic heterocycles. The third kappa shape index (κ3) is 3.67. The van der Waals surface area contributed by atoms with Gasteiger partial charge in [0.1, 0.15) is 12.4 Å². The molecule has 0 unspecified atom stereocenters. The van der Waals surface area contributed by atoms with Gasteiger partial charge in [0.2, 0.25) is 0 Å². The quantitative estimate of drug-likeness (QED) is 0.863. The number of amides is 1. The van der Waals surface area contributed by atoms with Gasteiger partial charge in [0.25, 0.3) is 5.91 Å². The van der Waals surface area contributed by atoms with E-state index in [4.69, 9.17) is 4.74 Å². The molecule has 0 aliphatic carbocycles. The second-order valence-electron chi connectivity index (χ2n) is 5.60. The Hall–Kier alpha value is -2.30. The zero-order valence-electron chi connectivity index (χ0n) is 13.9. The SMILES string of the molecule is Cc1cc(C)cc(OCCNC(=O)c2c(C)nn(C)c2C)c1. The van der Waals surface area contributed by atoms with Gasteiger partial charge in [-0.05, 0) is 51.0 Å². The summed E-state index contributed by atoms with van der Waals surface area (Å²) in [7, 11) is 1.84. The molecule has 2 aromatic rings. The van der Waals surface area contributed by atoms with E-state index in [9.17, 15) is 4.79 Å². The first-order chi connectivity index (χ1) is 10.4. The minimum Gasteiger partial charge on any atom is -0.492 e. The van der Waals surface area contributed by atoms with Crippen molar-refractivity contribution in [1.29, 1.82) is 0 Å². The summed E-state index contributed by atoms with van der Waals surface area (Å²) in [5, 5.41) is 7.13. The lowest BCUT2D eigenvalue weighted by Crippen LogP contribution is -2.29. The number of rotatable bonds is 5. The second-order valence-corrected chi connectivity index (χ2v) is 5.60. The molecule has 0 spiro atoms. The zero-order valence-corrected chi connectivity index (χ0v) is 13.9. The average molecular weight is 301 g/mol. The molecule has 0 atom stereocenters. The number of nitrogens with zero attached hydrogens (tertiary/aromatic N) is 2. The first-order valence-electron chi connectivity index (χ1n) is 7.38. The van der Waals surface area contributed by atoms with E-state index in [0.717, 1.165) is 17.1 Å². The maximum Gasteiger partial charge on any atom is 0.255 e. The third-order valence-corrected chi connectivity index (χ3v) is 3.59. The van der Waals surface area contributed by atoms with Crippen LogP contribution in [0, 0.1) is 27.7 Å². The molecule has 118 valence electrons. The number of benzene rings is 1. The molecule has 0 fully saturated rings. The van der Waals surface area contributed by atoms with Gasteiger partial charge >= 0.3 is 0 Å². The second kappa shape index (κ2) is 6.64. The summed E-state index contributed by atoms with van der Waals surface area (Å²) >= 11 is 0. The van der Waals surface area contributed by atoms with Gasteiger partial charge in [0.05, 0.1) is 17.8 Å². The van der Waals surface area contributed by atoms with Crippen molar-refractivity contribution < 1.29 is 9.53 Å². The third-order valence-electron chi connectivity index (χ3n) is 3.59. The molecule has 0 radical (unpaired) electrons. The Balaban J connectivity index is 1.87. The van der Waals surface area contributed by atoms with Crippen molar-refractivity contribution in [2.24, 2.45) is 7.05 Å². The normalized spacial score (nSPS) is 10.6. The fourth-order valence-corrected chi connectivity index (χ4v) is 2.54. The van der Waals surface area contributed by atoms with Crippen LogP contribution in [0.2, 0.25) is 0 Å². The number of carbonyl (C=O) groups is 1. The van der Waals surface area contributed by atoms with Crippen LogP contribution < -0.4 is 10.1 Å². The van der Waals surface area contributed by atoms with Crippen molar-refractivity contribution in [1.82, 2.24) is 15.1 Å². The Kier molecular flexibility index (Phi) is 4.85. The molecule has 5 heteroatoms. The van der Waals surface area contributed by atoms with Gasteiger partial charge in [-0.15, -0.1) is 0 Å². The molecule has 2 rings (SSSR count). The topological polar surface area (TPSA) is 56.1 Å². The number of aromatic nitrogens is 2. The maximum absolute atomic E-state index is 12.2. The molecule has 1 heterocycles. The van der Waals surface area contributed by atoms with Crippen LogP contribution >= 0.6 is 0 Å². The summed E-state index contributed by atoms with van der Waals surface area (Å²) in [5.74, 6) is 0.729. The van der Waals surface area contributed by atoms with Gasteiger partial charge in [0, 0.05) is 12.7 Å². The Morgan fingerprint density at radius 2 is 1.82 bits per heavy atom. The molecule has 22 heavy (non-hydrogen) atoms. The molecule has 0 aliphatic rings. The zero-order chi connectivity index (χ0) is 16.3. The first kappa shape index (κ1) is 16.1. The van der Waals surface area contributed by atoms with Crippen LogP contribution in [0.1, 0.15) is 32.9 Å². The van der Waals surface area contributed by atoms with Crippen LogP contribution in [0.4, 0.5) is 0 Å². The van der Waals surface area contributed by atoms with Crippen LogP contribution in [0.15, 0.2) is 18.2 Å². The molecule has 1 N–H and O–H groups in total. The summed E-state index contributed by atoms with van der Waals surface area (Å²) in [6, 6.07) is 6.08. The molecular weight excluding hydrogens is 278 g/mol. The van der Waals surface area contributed by atoms with Crippen LogP contribution in [0.5, 0.6) is 5.75 Å². The van der Waals surface area contributed by atoms with E-state index in [1.165, 1.54) is 11.1 Å². The molecule has 1 aromatic carbocycles. The lowest BCUT2D eigenvalue weighted by molar-refractivity contribution is 0.0945. The summed E-state index contributed by atoms with van der Waals surface area (Å²) in [6.07, 6.45) is 0. The van der Waals surface area contributed by atoms with Crippen LogP contribution in [0.3, 0.4) is 0 Å². The van der Waals surface area contributed by atoms with E-state index < -0.39 is 0 Å². The fourth-order valence-electron chi connectivity index (χ4n) is 2.54. The molecule has 1 amide bonds. The highest BCUT2D eigenvalue weighted by atomic mass is 16.5. The minimum absolute atomic E-state index is 0.105. The van der Waals surface area contributed by atoms with Crippen LogP contribution in [0.25, 0.3) is 0 Å². The van der Waals surface area contributed by atoms with Crippen molar-refractivity contribution in [2.75, 3.05) is 13.2 Å². The summed E-state index contributed by atoms with van der Waals surface area (Å²) in [5.41, 5.74) is 4.59.